The second-order valence-electron chi connectivity index (χ2n) is 6.29. The van der Waals surface area contributed by atoms with Crippen molar-refractivity contribution in [3.8, 4) is 0 Å². The van der Waals surface area contributed by atoms with Crippen molar-refractivity contribution in [2.45, 2.75) is 19.5 Å². The average molecular weight is 408 g/mol. The highest BCUT2D eigenvalue weighted by Crippen LogP contribution is 2.33. The first-order valence-corrected chi connectivity index (χ1v) is 8.54. The molecule has 0 spiro atoms. The third kappa shape index (κ3) is 4.23. The molecular weight excluding hydrogens is 391 g/mol. The van der Waals surface area contributed by atoms with Crippen LogP contribution in [0.2, 0.25) is 0 Å². The van der Waals surface area contributed by atoms with E-state index >= 15 is 0 Å². The molecule has 0 fully saturated rings. The molecule has 2 heterocycles. The van der Waals surface area contributed by atoms with Crippen molar-refractivity contribution in [3.05, 3.63) is 78.0 Å². The van der Waals surface area contributed by atoms with Crippen molar-refractivity contribution in [1.82, 2.24) is 9.97 Å². The Morgan fingerprint density at radius 2 is 1.72 bits per heavy atom. The third-order valence-electron chi connectivity index (χ3n) is 4.28. The summed E-state index contributed by atoms with van der Waals surface area (Å²) in [6, 6.07) is 3.00. The topological polar surface area (TPSA) is 52.7 Å². The Labute approximate surface area is 163 Å². The number of nitrogens with zero attached hydrogens (tertiary/aromatic N) is 1. The first-order valence-electron chi connectivity index (χ1n) is 8.54. The summed E-state index contributed by atoms with van der Waals surface area (Å²) >= 11 is 0. The highest BCUT2D eigenvalue weighted by molar-refractivity contribution is 5.93. The van der Waals surface area contributed by atoms with E-state index in [-0.39, 0.29) is 29.2 Å². The molecular formula is C20H17F5N4. The average Bonchev–Trinajstić information content (AvgIpc) is 3.02. The Morgan fingerprint density at radius 3 is 2.38 bits per heavy atom. The lowest BCUT2D eigenvalue weighted by molar-refractivity contribution is -0.138. The van der Waals surface area contributed by atoms with Crippen LogP contribution in [0.5, 0.6) is 0 Å². The van der Waals surface area contributed by atoms with Crippen molar-refractivity contribution >= 4 is 22.3 Å². The molecule has 1 aromatic carbocycles. The lowest BCUT2D eigenvalue weighted by Gasteiger charge is -2.16. The van der Waals surface area contributed by atoms with Crippen LogP contribution in [0, 0.1) is 11.6 Å². The van der Waals surface area contributed by atoms with Gasteiger partial charge < -0.3 is 15.6 Å². The van der Waals surface area contributed by atoms with Crippen molar-refractivity contribution < 1.29 is 22.0 Å². The van der Waals surface area contributed by atoms with E-state index in [1.165, 1.54) is 12.4 Å². The van der Waals surface area contributed by atoms with Gasteiger partial charge in [0.2, 0.25) is 0 Å². The molecule has 3 N–H and O–H groups in total. The number of nitrogens with one attached hydrogen (secondary N) is 3. The van der Waals surface area contributed by atoms with Crippen LogP contribution >= 0.6 is 0 Å². The van der Waals surface area contributed by atoms with Gasteiger partial charge in [0.05, 0.1) is 45.7 Å². The maximum atomic E-state index is 13.5. The summed E-state index contributed by atoms with van der Waals surface area (Å²) < 4.78 is 66.4. The summed E-state index contributed by atoms with van der Waals surface area (Å²) in [4.78, 5) is 6.65. The van der Waals surface area contributed by atoms with E-state index in [2.05, 4.69) is 33.8 Å². The molecule has 0 bridgehead atoms. The molecule has 152 valence electrons. The minimum Gasteiger partial charge on any atom is -0.359 e. The molecule has 0 aliphatic carbocycles. The standard InChI is InChI=1S/C20H17F5N4/c1-4-17-14(20(23,24)25)5-12(8-26-17)28-10(2)11(3)29-19-9-27-18-7-16(22)15(21)6-13(18)19/h5-9,27-29H,2-4H2,1H3. The Morgan fingerprint density at radius 1 is 1.07 bits per heavy atom. The van der Waals surface area contributed by atoms with Crippen molar-refractivity contribution in [3.63, 3.8) is 0 Å². The van der Waals surface area contributed by atoms with E-state index in [0.29, 0.717) is 16.6 Å². The lowest BCUT2D eigenvalue weighted by atomic mass is 10.1. The van der Waals surface area contributed by atoms with E-state index in [0.717, 1.165) is 18.2 Å². The van der Waals surface area contributed by atoms with Gasteiger partial charge in [0.25, 0.3) is 0 Å². The molecule has 0 saturated heterocycles. The number of alkyl halides is 3. The normalized spacial score (nSPS) is 11.5. The zero-order chi connectivity index (χ0) is 21.3. The highest BCUT2D eigenvalue weighted by Gasteiger charge is 2.34. The molecule has 0 saturated carbocycles. The number of rotatable bonds is 6. The molecule has 4 nitrogen and oxygen atoms in total. The van der Waals surface area contributed by atoms with E-state index in [1.54, 1.807) is 6.92 Å². The van der Waals surface area contributed by atoms with Crippen molar-refractivity contribution in [2.24, 2.45) is 0 Å². The fourth-order valence-electron chi connectivity index (χ4n) is 2.80. The van der Waals surface area contributed by atoms with Gasteiger partial charge in [-0.15, -0.1) is 0 Å². The summed E-state index contributed by atoms with van der Waals surface area (Å²) in [5, 5.41) is 5.98. The van der Waals surface area contributed by atoms with Crippen LogP contribution in [0.3, 0.4) is 0 Å². The van der Waals surface area contributed by atoms with E-state index < -0.39 is 23.4 Å². The Balaban J connectivity index is 1.78. The van der Waals surface area contributed by atoms with Gasteiger partial charge in [-0.05, 0) is 18.6 Å². The second kappa shape index (κ2) is 7.57. The Bertz CT molecular complexity index is 1100. The minimum atomic E-state index is -4.53. The van der Waals surface area contributed by atoms with Gasteiger partial charge in [0, 0.05) is 17.6 Å². The molecule has 29 heavy (non-hydrogen) atoms. The second-order valence-corrected chi connectivity index (χ2v) is 6.29. The highest BCUT2D eigenvalue weighted by atomic mass is 19.4. The zero-order valence-electron chi connectivity index (χ0n) is 15.3. The number of aromatic amines is 1. The minimum absolute atomic E-state index is 0.0568. The van der Waals surface area contributed by atoms with E-state index in [4.69, 9.17) is 0 Å². The third-order valence-corrected chi connectivity index (χ3v) is 4.28. The van der Waals surface area contributed by atoms with Crippen molar-refractivity contribution in [1.29, 1.82) is 0 Å². The quantitative estimate of drug-likeness (QED) is 0.348. The van der Waals surface area contributed by atoms with Crippen LogP contribution in [0.25, 0.3) is 10.9 Å². The Kier molecular flexibility index (Phi) is 5.32. The van der Waals surface area contributed by atoms with Crippen LogP contribution in [-0.4, -0.2) is 9.97 Å². The van der Waals surface area contributed by atoms with Gasteiger partial charge in [-0.25, -0.2) is 8.78 Å². The van der Waals surface area contributed by atoms with Crippen LogP contribution in [-0.2, 0) is 12.6 Å². The number of halogens is 5. The molecule has 0 atom stereocenters. The van der Waals surface area contributed by atoms with Crippen LogP contribution in [0.1, 0.15) is 18.2 Å². The summed E-state index contributed by atoms with van der Waals surface area (Å²) in [6.45, 7) is 9.12. The van der Waals surface area contributed by atoms with Crippen LogP contribution in [0.4, 0.5) is 33.3 Å². The maximum absolute atomic E-state index is 13.5. The molecule has 0 radical (unpaired) electrons. The van der Waals surface area contributed by atoms with Crippen LogP contribution < -0.4 is 10.6 Å². The molecule has 0 amide bonds. The summed E-state index contributed by atoms with van der Waals surface area (Å²) in [7, 11) is 0. The maximum Gasteiger partial charge on any atom is 0.418 e. The molecule has 0 aliphatic rings. The summed E-state index contributed by atoms with van der Waals surface area (Å²) in [5.74, 6) is -2.00. The molecule has 9 heteroatoms. The van der Waals surface area contributed by atoms with Gasteiger partial charge in [-0.2, -0.15) is 13.2 Å². The predicted octanol–water partition coefficient (Wildman–Crippen LogP) is 5.97. The fraction of sp³-hybridized carbons (Fsp3) is 0.150. The van der Waals surface area contributed by atoms with Gasteiger partial charge in [-0.3, -0.25) is 4.98 Å². The molecule has 2 aromatic heterocycles. The summed E-state index contributed by atoms with van der Waals surface area (Å²) in [5.41, 5.74) is 0.387. The van der Waals surface area contributed by atoms with Crippen molar-refractivity contribution in [2.75, 3.05) is 10.6 Å². The fourth-order valence-corrected chi connectivity index (χ4v) is 2.80. The van der Waals surface area contributed by atoms with E-state index in [9.17, 15) is 22.0 Å². The number of hydrogen-bond donors (Lipinski definition) is 3. The van der Waals surface area contributed by atoms with Crippen LogP contribution in [0.15, 0.2) is 55.1 Å². The lowest BCUT2D eigenvalue weighted by Crippen LogP contribution is -2.13. The number of hydrogen-bond acceptors (Lipinski definition) is 3. The Hall–Kier alpha value is -3.36. The molecule has 3 rings (SSSR count). The number of aromatic nitrogens is 2. The summed E-state index contributed by atoms with van der Waals surface area (Å²) in [6.07, 6.45) is -1.63. The van der Waals surface area contributed by atoms with Gasteiger partial charge in [0.15, 0.2) is 11.6 Å². The molecule has 3 aromatic rings. The number of pyridine rings is 1. The largest absolute Gasteiger partial charge is 0.418 e. The SMILES string of the molecule is C=C(Nc1cnc(CC)c(C(F)(F)F)c1)C(=C)Nc1c[nH]c2cc(F)c(F)cc12. The van der Waals surface area contributed by atoms with Gasteiger partial charge in [-0.1, -0.05) is 20.1 Å². The zero-order valence-corrected chi connectivity index (χ0v) is 15.3. The first kappa shape index (κ1) is 20.4. The number of anilines is 2. The van der Waals surface area contributed by atoms with Gasteiger partial charge >= 0.3 is 6.18 Å². The van der Waals surface area contributed by atoms with Gasteiger partial charge in [0.1, 0.15) is 0 Å². The molecule has 0 unspecified atom stereocenters. The number of aryl methyl sites for hydroxylation is 1. The molecule has 0 aliphatic heterocycles. The number of benzene rings is 1. The number of H-pyrrole nitrogens is 1. The smallest absolute Gasteiger partial charge is 0.359 e. The monoisotopic (exact) mass is 408 g/mol. The number of fused-ring (bicyclic) bond motifs is 1. The first-order chi connectivity index (χ1) is 13.6. The van der Waals surface area contributed by atoms with E-state index in [1.807, 2.05) is 0 Å². The predicted molar refractivity (Wildman–Crippen MR) is 102 cm³/mol.